The standard InChI is InChI=1S/C18H17F2N5O3S/c1-27-14-9-12(21-17(22-14)28-2)16(26)24-3-5-25(6-4-24)18-23-15-11(20)7-10(19)8-13(15)29-18/h7-9H,3-6H2,1-2H3. The van der Waals surface area contributed by atoms with Crippen LogP contribution < -0.4 is 14.4 Å². The van der Waals surface area contributed by atoms with Crippen LogP contribution in [0.1, 0.15) is 10.5 Å². The highest BCUT2D eigenvalue weighted by Crippen LogP contribution is 2.31. The molecule has 1 aromatic carbocycles. The highest BCUT2D eigenvalue weighted by atomic mass is 32.1. The van der Waals surface area contributed by atoms with E-state index >= 15 is 0 Å². The third-order valence-corrected chi connectivity index (χ3v) is 5.60. The molecule has 0 bridgehead atoms. The van der Waals surface area contributed by atoms with Gasteiger partial charge in [-0.1, -0.05) is 11.3 Å². The Kier molecular flexibility index (Phi) is 5.14. The third kappa shape index (κ3) is 3.77. The molecule has 1 saturated heterocycles. The molecular weight excluding hydrogens is 404 g/mol. The number of amides is 1. The molecule has 0 spiro atoms. The second-order valence-corrected chi connectivity index (χ2v) is 7.30. The largest absolute Gasteiger partial charge is 0.481 e. The number of rotatable bonds is 4. The molecular formula is C18H17F2N5O3S. The van der Waals surface area contributed by atoms with Crippen LogP contribution in [0.4, 0.5) is 13.9 Å². The fourth-order valence-corrected chi connectivity index (χ4v) is 4.11. The average molecular weight is 421 g/mol. The van der Waals surface area contributed by atoms with Gasteiger partial charge in [0.05, 0.1) is 18.9 Å². The number of fused-ring (bicyclic) bond motifs is 1. The van der Waals surface area contributed by atoms with E-state index in [4.69, 9.17) is 9.47 Å². The van der Waals surface area contributed by atoms with Crippen LogP contribution in [0.25, 0.3) is 10.2 Å². The summed E-state index contributed by atoms with van der Waals surface area (Å²) in [5, 5.41) is 0.599. The van der Waals surface area contributed by atoms with Crippen molar-refractivity contribution < 1.29 is 23.0 Å². The van der Waals surface area contributed by atoms with Crippen molar-refractivity contribution in [2.45, 2.75) is 0 Å². The number of carbonyl (C=O) groups is 1. The Labute approximate surface area is 168 Å². The first-order valence-electron chi connectivity index (χ1n) is 8.75. The van der Waals surface area contributed by atoms with E-state index in [-0.39, 0.29) is 29.0 Å². The topological polar surface area (TPSA) is 80.7 Å². The summed E-state index contributed by atoms with van der Waals surface area (Å²) >= 11 is 1.23. The third-order valence-electron chi connectivity index (χ3n) is 4.53. The van der Waals surface area contributed by atoms with Gasteiger partial charge >= 0.3 is 6.01 Å². The second kappa shape index (κ2) is 7.74. The van der Waals surface area contributed by atoms with Gasteiger partial charge in [0.25, 0.3) is 5.91 Å². The normalized spacial score (nSPS) is 14.3. The van der Waals surface area contributed by atoms with E-state index in [1.54, 1.807) is 4.90 Å². The number of halogens is 2. The van der Waals surface area contributed by atoms with Gasteiger partial charge in [0.2, 0.25) is 5.88 Å². The van der Waals surface area contributed by atoms with E-state index in [1.165, 1.54) is 37.7 Å². The van der Waals surface area contributed by atoms with Crippen LogP contribution in [0, 0.1) is 11.6 Å². The second-order valence-electron chi connectivity index (χ2n) is 6.29. The smallest absolute Gasteiger partial charge is 0.320 e. The summed E-state index contributed by atoms with van der Waals surface area (Å²) in [6.07, 6.45) is 0. The number of aromatic nitrogens is 3. The molecule has 3 heterocycles. The van der Waals surface area contributed by atoms with E-state index in [9.17, 15) is 13.6 Å². The Morgan fingerprint density at radius 2 is 1.79 bits per heavy atom. The van der Waals surface area contributed by atoms with Gasteiger partial charge in [-0.15, -0.1) is 0 Å². The number of ether oxygens (including phenoxy) is 2. The summed E-state index contributed by atoms with van der Waals surface area (Å²) in [7, 11) is 2.86. The monoisotopic (exact) mass is 421 g/mol. The Morgan fingerprint density at radius 1 is 1.03 bits per heavy atom. The van der Waals surface area contributed by atoms with Gasteiger partial charge in [-0.2, -0.15) is 9.97 Å². The molecule has 0 aliphatic carbocycles. The van der Waals surface area contributed by atoms with Crippen LogP contribution in [-0.4, -0.2) is 66.2 Å². The Morgan fingerprint density at radius 3 is 2.48 bits per heavy atom. The molecule has 4 rings (SSSR count). The lowest BCUT2D eigenvalue weighted by Crippen LogP contribution is -2.49. The number of piperazine rings is 1. The fourth-order valence-electron chi connectivity index (χ4n) is 3.05. The fraction of sp³-hybridized carbons (Fsp3) is 0.333. The van der Waals surface area contributed by atoms with Crippen molar-refractivity contribution in [2.75, 3.05) is 45.3 Å². The minimum absolute atomic E-state index is 0.0510. The van der Waals surface area contributed by atoms with Crippen molar-refractivity contribution in [1.29, 1.82) is 0 Å². The molecule has 2 aromatic heterocycles. The molecule has 0 atom stereocenters. The van der Waals surface area contributed by atoms with Crippen LogP contribution in [0.15, 0.2) is 18.2 Å². The molecule has 152 valence electrons. The van der Waals surface area contributed by atoms with Gasteiger partial charge in [-0.3, -0.25) is 4.79 Å². The summed E-state index contributed by atoms with van der Waals surface area (Å²) in [5.74, 6) is -1.33. The Balaban J connectivity index is 1.48. The number of nitrogens with zero attached hydrogens (tertiary/aromatic N) is 5. The van der Waals surface area contributed by atoms with Gasteiger partial charge in [-0.05, 0) is 6.07 Å². The zero-order valence-corrected chi connectivity index (χ0v) is 16.5. The molecule has 1 fully saturated rings. The quantitative estimate of drug-likeness (QED) is 0.640. The average Bonchev–Trinajstić information content (AvgIpc) is 3.17. The Bertz CT molecular complexity index is 1050. The first-order valence-corrected chi connectivity index (χ1v) is 9.57. The number of benzene rings is 1. The SMILES string of the molecule is COc1cc(C(=O)N2CCN(c3nc4c(F)cc(F)cc4s3)CC2)nc(OC)n1. The van der Waals surface area contributed by atoms with Crippen molar-refractivity contribution in [3.05, 3.63) is 35.5 Å². The number of hydrogen-bond acceptors (Lipinski definition) is 8. The van der Waals surface area contributed by atoms with Gasteiger partial charge in [-0.25, -0.2) is 13.8 Å². The molecule has 8 nitrogen and oxygen atoms in total. The lowest BCUT2D eigenvalue weighted by molar-refractivity contribution is 0.0739. The highest BCUT2D eigenvalue weighted by molar-refractivity contribution is 7.22. The van der Waals surface area contributed by atoms with Crippen LogP contribution in [0.5, 0.6) is 11.9 Å². The van der Waals surface area contributed by atoms with Crippen molar-refractivity contribution in [3.8, 4) is 11.9 Å². The molecule has 3 aromatic rings. The summed E-state index contributed by atoms with van der Waals surface area (Å²) in [4.78, 5) is 28.8. The van der Waals surface area contributed by atoms with Crippen molar-refractivity contribution >= 4 is 32.6 Å². The lowest BCUT2D eigenvalue weighted by Gasteiger charge is -2.34. The maximum atomic E-state index is 13.9. The van der Waals surface area contributed by atoms with Gasteiger partial charge in [0.1, 0.15) is 17.0 Å². The Hall–Kier alpha value is -3.08. The van der Waals surface area contributed by atoms with Gasteiger partial charge in [0, 0.05) is 38.3 Å². The predicted octanol–water partition coefficient (Wildman–Crippen LogP) is 2.34. The maximum Gasteiger partial charge on any atom is 0.320 e. The van der Waals surface area contributed by atoms with Crippen molar-refractivity contribution in [1.82, 2.24) is 19.9 Å². The highest BCUT2D eigenvalue weighted by Gasteiger charge is 2.26. The first kappa shape index (κ1) is 19.2. The number of methoxy groups -OCH3 is 2. The minimum atomic E-state index is -0.678. The molecule has 1 amide bonds. The van der Waals surface area contributed by atoms with E-state index in [2.05, 4.69) is 15.0 Å². The maximum absolute atomic E-state index is 13.9. The zero-order valence-electron chi connectivity index (χ0n) is 15.7. The molecule has 0 unspecified atom stereocenters. The minimum Gasteiger partial charge on any atom is -0.481 e. The van der Waals surface area contributed by atoms with E-state index < -0.39 is 11.6 Å². The molecule has 1 aliphatic heterocycles. The number of anilines is 1. The van der Waals surface area contributed by atoms with Crippen LogP contribution >= 0.6 is 11.3 Å². The zero-order chi connectivity index (χ0) is 20.5. The number of hydrogen-bond donors (Lipinski definition) is 0. The van der Waals surface area contributed by atoms with Crippen LogP contribution in [0.2, 0.25) is 0 Å². The van der Waals surface area contributed by atoms with Gasteiger partial charge in [0.15, 0.2) is 10.9 Å². The van der Waals surface area contributed by atoms with Crippen LogP contribution in [-0.2, 0) is 0 Å². The molecule has 11 heteroatoms. The molecule has 1 aliphatic rings. The molecule has 0 N–H and O–H groups in total. The van der Waals surface area contributed by atoms with E-state index in [0.29, 0.717) is 36.0 Å². The van der Waals surface area contributed by atoms with Crippen LogP contribution in [0.3, 0.4) is 0 Å². The molecule has 0 radical (unpaired) electrons. The number of carbonyl (C=O) groups excluding carboxylic acids is 1. The molecule has 29 heavy (non-hydrogen) atoms. The number of thiazole rings is 1. The van der Waals surface area contributed by atoms with Gasteiger partial charge < -0.3 is 19.3 Å². The lowest BCUT2D eigenvalue weighted by atomic mass is 10.2. The van der Waals surface area contributed by atoms with Crippen molar-refractivity contribution in [3.63, 3.8) is 0 Å². The summed E-state index contributed by atoms with van der Waals surface area (Å²) in [6.45, 7) is 1.88. The summed E-state index contributed by atoms with van der Waals surface area (Å²) in [5.41, 5.74) is 0.338. The van der Waals surface area contributed by atoms with E-state index in [0.717, 1.165) is 6.07 Å². The summed E-state index contributed by atoms with van der Waals surface area (Å²) < 4.78 is 37.9. The van der Waals surface area contributed by atoms with Crippen molar-refractivity contribution in [2.24, 2.45) is 0 Å². The summed E-state index contributed by atoms with van der Waals surface area (Å²) in [6, 6.07) is 3.61. The molecule has 0 saturated carbocycles. The van der Waals surface area contributed by atoms with E-state index in [1.807, 2.05) is 4.90 Å². The first-order chi connectivity index (χ1) is 14.0. The predicted molar refractivity (Wildman–Crippen MR) is 103 cm³/mol.